The molecule has 0 amide bonds. The van der Waals surface area contributed by atoms with Gasteiger partial charge in [0.15, 0.2) is 11.6 Å². The van der Waals surface area contributed by atoms with Crippen molar-refractivity contribution in [3.8, 4) is 45.5 Å². The monoisotopic (exact) mass is 644 g/mol. The standard InChI is InChI=1S/C45H29N5/c1-4-16-30(17-5-1)33-22-10-11-25-36(33)44-46-43(31-18-6-2-7-19-31)47-45(48-44)50-40-27-15-13-24-35(40)38-28-41-37(29-42(38)50)34-23-12-14-26-39(34)49(41)32-20-8-3-9-21-32/h1-29H/i2D,6D,7D,18D,19D. The van der Waals surface area contributed by atoms with Gasteiger partial charge in [0.25, 0.3) is 0 Å². The maximum atomic E-state index is 8.89. The number of benzene rings is 7. The summed E-state index contributed by atoms with van der Waals surface area (Å²) >= 11 is 0. The molecular weight excluding hydrogens is 611 g/mol. The van der Waals surface area contributed by atoms with Gasteiger partial charge in [-0.2, -0.15) is 9.97 Å². The molecule has 7 aromatic carbocycles. The van der Waals surface area contributed by atoms with Crippen LogP contribution in [0.15, 0.2) is 176 Å². The summed E-state index contributed by atoms with van der Waals surface area (Å²) in [6, 6.07) is 46.7. The molecule has 0 aliphatic rings. The highest BCUT2D eigenvalue weighted by atomic mass is 15.2. The van der Waals surface area contributed by atoms with E-state index in [0.29, 0.717) is 11.4 Å². The number of nitrogens with zero attached hydrogens (tertiary/aromatic N) is 5. The van der Waals surface area contributed by atoms with Crippen molar-refractivity contribution in [1.82, 2.24) is 24.1 Å². The first-order valence-corrected chi connectivity index (χ1v) is 16.4. The van der Waals surface area contributed by atoms with Crippen molar-refractivity contribution in [2.24, 2.45) is 0 Å². The van der Waals surface area contributed by atoms with Gasteiger partial charge < -0.3 is 4.57 Å². The molecule has 0 bridgehead atoms. The fourth-order valence-corrected chi connectivity index (χ4v) is 7.11. The highest BCUT2D eigenvalue weighted by Gasteiger charge is 2.21. The molecule has 0 atom stereocenters. The number of rotatable bonds is 5. The maximum absolute atomic E-state index is 8.89. The Balaban J connectivity index is 1.33. The number of para-hydroxylation sites is 3. The van der Waals surface area contributed by atoms with Crippen LogP contribution < -0.4 is 0 Å². The Morgan fingerprint density at radius 3 is 1.64 bits per heavy atom. The summed E-state index contributed by atoms with van der Waals surface area (Å²) in [5, 5.41) is 4.11. The Kier molecular flexibility index (Phi) is 5.35. The van der Waals surface area contributed by atoms with Crippen molar-refractivity contribution in [2.75, 3.05) is 0 Å². The van der Waals surface area contributed by atoms with Crippen LogP contribution in [-0.2, 0) is 0 Å². The fraction of sp³-hybridized carbons (Fsp3) is 0. The molecule has 10 aromatic rings. The van der Waals surface area contributed by atoms with Gasteiger partial charge in [-0.1, -0.05) is 139 Å². The van der Waals surface area contributed by atoms with Crippen molar-refractivity contribution in [3.05, 3.63) is 176 Å². The minimum atomic E-state index is -0.483. The Labute approximate surface area is 295 Å². The zero-order valence-corrected chi connectivity index (χ0v) is 26.6. The lowest BCUT2D eigenvalue weighted by atomic mass is 9.99. The van der Waals surface area contributed by atoms with Crippen LogP contribution in [0.2, 0.25) is 0 Å². The maximum Gasteiger partial charge on any atom is 0.238 e. The lowest BCUT2D eigenvalue weighted by molar-refractivity contribution is 0.954. The lowest BCUT2D eigenvalue weighted by Gasteiger charge is -2.13. The summed E-state index contributed by atoms with van der Waals surface area (Å²) in [7, 11) is 0. The van der Waals surface area contributed by atoms with Crippen molar-refractivity contribution < 1.29 is 6.85 Å². The van der Waals surface area contributed by atoms with E-state index in [1.54, 1.807) is 0 Å². The molecule has 0 unspecified atom stereocenters. The summed E-state index contributed by atoms with van der Waals surface area (Å²) < 4.78 is 47.3. The van der Waals surface area contributed by atoms with Crippen LogP contribution in [0.25, 0.3) is 89.2 Å². The van der Waals surface area contributed by atoms with E-state index in [0.717, 1.165) is 60.4 Å². The van der Waals surface area contributed by atoms with Gasteiger partial charge in [0.1, 0.15) is 0 Å². The average Bonchev–Trinajstić information content (AvgIpc) is 3.74. The number of hydrogen-bond acceptors (Lipinski definition) is 3. The third-order valence-corrected chi connectivity index (χ3v) is 9.28. The van der Waals surface area contributed by atoms with E-state index in [1.165, 1.54) is 0 Å². The molecule has 50 heavy (non-hydrogen) atoms. The van der Waals surface area contributed by atoms with Gasteiger partial charge in [-0.25, -0.2) is 4.98 Å². The Hall–Kier alpha value is -6.85. The second-order valence-electron chi connectivity index (χ2n) is 12.1. The Morgan fingerprint density at radius 2 is 0.940 bits per heavy atom. The van der Waals surface area contributed by atoms with E-state index >= 15 is 0 Å². The first-order chi connectivity index (χ1) is 26.9. The second-order valence-corrected chi connectivity index (χ2v) is 12.1. The van der Waals surface area contributed by atoms with Crippen LogP contribution in [0.5, 0.6) is 0 Å². The second kappa shape index (κ2) is 11.4. The van der Waals surface area contributed by atoms with Crippen LogP contribution in [0.3, 0.4) is 0 Å². The third-order valence-electron chi connectivity index (χ3n) is 9.28. The van der Waals surface area contributed by atoms with E-state index in [-0.39, 0.29) is 29.4 Å². The molecule has 0 aliphatic carbocycles. The molecule has 5 nitrogen and oxygen atoms in total. The minimum absolute atomic E-state index is 0.0208. The van der Waals surface area contributed by atoms with Crippen LogP contribution >= 0.6 is 0 Å². The molecule has 0 N–H and O–H groups in total. The van der Waals surface area contributed by atoms with Gasteiger partial charge in [-0.05, 0) is 47.5 Å². The van der Waals surface area contributed by atoms with Crippen molar-refractivity contribution in [1.29, 1.82) is 0 Å². The number of aromatic nitrogens is 5. The van der Waals surface area contributed by atoms with Crippen molar-refractivity contribution in [2.45, 2.75) is 0 Å². The van der Waals surface area contributed by atoms with Crippen molar-refractivity contribution in [3.63, 3.8) is 0 Å². The predicted octanol–water partition coefficient (Wildman–Crippen LogP) is 11.1. The Bertz CT molecular complexity index is 3130. The quantitative estimate of drug-likeness (QED) is 0.187. The lowest BCUT2D eigenvalue weighted by Crippen LogP contribution is -2.06. The minimum Gasteiger partial charge on any atom is -0.309 e. The smallest absolute Gasteiger partial charge is 0.238 e. The molecule has 3 heterocycles. The fourth-order valence-electron chi connectivity index (χ4n) is 7.11. The average molecular weight is 645 g/mol. The molecule has 3 aromatic heterocycles. The topological polar surface area (TPSA) is 48.5 Å². The summed E-state index contributed by atoms with van der Waals surface area (Å²) in [5.41, 5.74) is 7.34. The Morgan fingerprint density at radius 1 is 0.400 bits per heavy atom. The van der Waals surface area contributed by atoms with Crippen LogP contribution in [0, 0.1) is 0 Å². The molecule has 5 heteroatoms. The summed E-state index contributed by atoms with van der Waals surface area (Å²) in [6.07, 6.45) is 0. The summed E-state index contributed by atoms with van der Waals surface area (Å²) in [4.78, 5) is 15.0. The molecule has 10 rings (SSSR count). The molecular formula is C45H29N5. The van der Waals surface area contributed by atoms with Crippen LogP contribution in [0.4, 0.5) is 0 Å². The first-order valence-electron chi connectivity index (χ1n) is 18.9. The molecule has 0 saturated carbocycles. The van der Waals surface area contributed by atoms with Gasteiger partial charge in [-0.3, -0.25) is 4.57 Å². The van der Waals surface area contributed by atoms with E-state index in [2.05, 4.69) is 53.1 Å². The molecule has 0 radical (unpaired) electrons. The van der Waals surface area contributed by atoms with Gasteiger partial charge in [0.05, 0.1) is 28.9 Å². The van der Waals surface area contributed by atoms with Gasteiger partial charge in [0, 0.05) is 38.4 Å². The normalized spacial score (nSPS) is 13.0. The number of fused-ring (bicyclic) bond motifs is 6. The van der Waals surface area contributed by atoms with Gasteiger partial charge >= 0.3 is 0 Å². The zero-order chi connectivity index (χ0) is 37.4. The largest absolute Gasteiger partial charge is 0.309 e. The first kappa shape index (κ1) is 23.5. The predicted molar refractivity (Wildman–Crippen MR) is 205 cm³/mol. The molecule has 0 spiro atoms. The number of hydrogen-bond donors (Lipinski definition) is 0. The summed E-state index contributed by atoms with van der Waals surface area (Å²) in [5.74, 6) is 0.540. The molecule has 0 aliphatic heterocycles. The zero-order valence-electron chi connectivity index (χ0n) is 31.6. The van der Waals surface area contributed by atoms with E-state index < -0.39 is 18.1 Å². The highest BCUT2D eigenvalue weighted by molar-refractivity contribution is 6.18. The highest BCUT2D eigenvalue weighted by Crippen LogP contribution is 2.40. The van der Waals surface area contributed by atoms with E-state index in [1.807, 2.05) is 102 Å². The van der Waals surface area contributed by atoms with Crippen LogP contribution in [-0.4, -0.2) is 24.1 Å². The van der Waals surface area contributed by atoms with E-state index in [4.69, 9.17) is 21.8 Å². The SMILES string of the molecule is [2H]c1c([2H])c([2H])c(-c2nc(-c3ccccc3-c3ccccc3)nc(-n3c4ccccc4c4cc5c(cc43)c3ccccc3n5-c3ccccc3)n2)c([2H])c1[2H]. The third kappa shape index (κ3) is 4.45. The van der Waals surface area contributed by atoms with Gasteiger partial charge in [0.2, 0.25) is 5.95 Å². The van der Waals surface area contributed by atoms with E-state index in [9.17, 15) is 0 Å². The van der Waals surface area contributed by atoms with Gasteiger partial charge in [-0.15, -0.1) is 0 Å². The van der Waals surface area contributed by atoms with Crippen molar-refractivity contribution >= 4 is 43.6 Å². The molecule has 0 fully saturated rings. The van der Waals surface area contributed by atoms with Crippen LogP contribution in [0.1, 0.15) is 6.85 Å². The molecule has 0 saturated heterocycles. The molecule has 234 valence electrons. The summed E-state index contributed by atoms with van der Waals surface area (Å²) in [6.45, 7) is 0.